The third kappa shape index (κ3) is 4.29. The number of hydrogen-bond acceptors (Lipinski definition) is 2. The zero-order valence-corrected chi connectivity index (χ0v) is 11.1. The summed E-state index contributed by atoms with van der Waals surface area (Å²) in [4.78, 5) is 23.0. The van der Waals surface area contributed by atoms with Crippen LogP contribution in [-0.2, 0) is 16.1 Å². The second kappa shape index (κ2) is 6.30. The minimum atomic E-state index is -1.20. The first-order valence-corrected chi connectivity index (χ1v) is 5.79. The van der Waals surface area contributed by atoms with Gasteiger partial charge in [0.15, 0.2) is 0 Å². The lowest BCUT2D eigenvalue weighted by Gasteiger charge is -2.15. The molecule has 0 fully saturated rings. The number of hydrogen-bond donors (Lipinski definition) is 1. The fourth-order valence-electron chi connectivity index (χ4n) is 1.27. The maximum Gasteiger partial charge on any atom is 0.328 e. The Balaban J connectivity index is 2.75. The Labute approximate surface area is 112 Å². The van der Waals surface area contributed by atoms with Gasteiger partial charge in [0.25, 0.3) is 0 Å². The van der Waals surface area contributed by atoms with Crippen LogP contribution >= 0.6 is 15.9 Å². The van der Waals surface area contributed by atoms with E-state index in [4.69, 9.17) is 5.11 Å². The Morgan fingerprint density at radius 1 is 1.44 bits per heavy atom. The van der Waals surface area contributed by atoms with Gasteiger partial charge in [0.05, 0.1) is 0 Å². The lowest BCUT2D eigenvalue weighted by atomic mass is 10.2. The van der Waals surface area contributed by atoms with Crippen molar-refractivity contribution in [1.29, 1.82) is 0 Å². The number of nitrogens with zero attached hydrogens (tertiary/aromatic N) is 1. The van der Waals surface area contributed by atoms with Crippen molar-refractivity contribution in [2.75, 3.05) is 7.05 Å². The summed E-state index contributed by atoms with van der Waals surface area (Å²) in [5.74, 6) is -2.12. The molecule has 1 aromatic carbocycles. The largest absolute Gasteiger partial charge is 0.478 e. The summed E-state index contributed by atoms with van der Waals surface area (Å²) >= 11 is 3.21. The van der Waals surface area contributed by atoms with Crippen LogP contribution in [0.25, 0.3) is 0 Å². The van der Waals surface area contributed by atoms with Crippen molar-refractivity contribution in [3.8, 4) is 0 Å². The van der Waals surface area contributed by atoms with E-state index in [-0.39, 0.29) is 6.54 Å². The predicted octanol–water partition coefficient (Wildman–Crippen LogP) is 2.19. The van der Waals surface area contributed by atoms with Crippen LogP contribution in [0.15, 0.2) is 34.8 Å². The number of carbonyl (C=O) groups is 2. The average molecular weight is 316 g/mol. The molecular formula is C12H11BrFNO3. The molecule has 0 saturated heterocycles. The number of amides is 1. The molecule has 0 heterocycles. The number of halogens is 2. The van der Waals surface area contributed by atoms with E-state index in [0.29, 0.717) is 10.0 Å². The first-order valence-electron chi connectivity index (χ1n) is 5.00. The van der Waals surface area contributed by atoms with E-state index in [9.17, 15) is 14.0 Å². The van der Waals surface area contributed by atoms with Gasteiger partial charge in [-0.15, -0.1) is 0 Å². The molecule has 6 heteroatoms. The van der Waals surface area contributed by atoms with Crippen molar-refractivity contribution in [3.63, 3.8) is 0 Å². The minimum Gasteiger partial charge on any atom is -0.478 e. The standard InChI is InChI=1S/C12H11BrFNO3/c1-15(11(16)4-5-12(17)18)7-8-6-9(13)2-3-10(8)14/h2-6H,7H2,1H3,(H,17,18)/b5-4+. The minimum absolute atomic E-state index is 0.0636. The van der Waals surface area contributed by atoms with Gasteiger partial charge in [0, 0.05) is 35.8 Å². The zero-order chi connectivity index (χ0) is 13.7. The molecule has 0 spiro atoms. The third-order valence-corrected chi connectivity index (χ3v) is 2.65. The van der Waals surface area contributed by atoms with Crippen LogP contribution in [-0.4, -0.2) is 28.9 Å². The molecule has 0 radical (unpaired) electrons. The van der Waals surface area contributed by atoms with Crippen LogP contribution in [0, 0.1) is 5.82 Å². The smallest absolute Gasteiger partial charge is 0.328 e. The van der Waals surface area contributed by atoms with Crippen molar-refractivity contribution in [2.45, 2.75) is 6.54 Å². The van der Waals surface area contributed by atoms with Crippen LogP contribution in [0.5, 0.6) is 0 Å². The first kappa shape index (κ1) is 14.4. The van der Waals surface area contributed by atoms with Gasteiger partial charge in [0.1, 0.15) is 5.82 Å². The molecule has 96 valence electrons. The van der Waals surface area contributed by atoms with Crippen LogP contribution in [0.2, 0.25) is 0 Å². The number of carboxylic acid groups (broad SMARTS) is 1. The van der Waals surface area contributed by atoms with Crippen molar-refractivity contribution in [1.82, 2.24) is 4.90 Å². The molecule has 0 atom stereocenters. The van der Waals surface area contributed by atoms with Crippen molar-refractivity contribution in [3.05, 3.63) is 46.2 Å². The van der Waals surface area contributed by atoms with E-state index in [0.717, 1.165) is 12.2 Å². The lowest BCUT2D eigenvalue weighted by Crippen LogP contribution is -2.24. The van der Waals surface area contributed by atoms with E-state index in [2.05, 4.69) is 15.9 Å². The number of carboxylic acids is 1. The quantitative estimate of drug-likeness (QED) is 0.866. The number of carbonyl (C=O) groups excluding carboxylic acids is 1. The second-order valence-corrected chi connectivity index (χ2v) is 4.52. The van der Waals surface area contributed by atoms with Gasteiger partial charge in [-0.25, -0.2) is 9.18 Å². The van der Waals surface area contributed by atoms with Crippen molar-refractivity contribution >= 4 is 27.8 Å². The lowest BCUT2D eigenvalue weighted by molar-refractivity contribution is -0.132. The fraction of sp³-hybridized carbons (Fsp3) is 0.167. The second-order valence-electron chi connectivity index (χ2n) is 3.60. The Bertz CT molecular complexity index is 502. The Kier molecular flexibility index (Phi) is 5.03. The normalized spacial score (nSPS) is 10.6. The number of likely N-dealkylation sites (N-methyl/N-ethyl adjacent to an activating group) is 1. The zero-order valence-electron chi connectivity index (χ0n) is 9.56. The van der Waals surface area contributed by atoms with Crippen LogP contribution in [0.1, 0.15) is 5.56 Å². The van der Waals surface area contributed by atoms with Crippen molar-refractivity contribution < 1.29 is 19.1 Å². The van der Waals surface area contributed by atoms with E-state index >= 15 is 0 Å². The molecule has 0 unspecified atom stereocenters. The van der Waals surface area contributed by atoms with E-state index in [1.54, 1.807) is 12.1 Å². The topological polar surface area (TPSA) is 57.6 Å². The molecule has 1 N–H and O–H groups in total. The van der Waals surface area contributed by atoms with E-state index in [1.807, 2.05) is 0 Å². The van der Waals surface area contributed by atoms with Gasteiger partial charge in [-0.05, 0) is 18.2 Å². The summed E-state index contributed by atoms with van der Waals surface area (Å²) < 4.78 is 14.1. The van der Waals surface area contributed by atoms with Crippen LogP contribution in [0.4, 0.5) is 4.39 Å². The highest BCUT2D eigenvalue weighted by molar-refractivity contribution is 9.10. The van der Waals surface area contributed by atoms with Crippen molar-refractivity contribution in [2.24, 2.45) is 0 Å². The molecule has 0 aliphatic rings. The summed E-state index contributed by atoms with van der Waals surface area (Å²) in [7, 11) is 1.47. The van der Waals surface area contributed by atoms with Gasteiger partial charge in [-0.2, -0.15) is 0 Å². The summed E-state index contributed by atoms with van der Waals surface area (Å²) in [6.45, 7) is 0.0636. The van der Waals surface area contributed by atoms with Gasteiger partial charge >= 0.3 is 5.97 Å². The van der Waals surface area contributed by atoms with Crippen LogP contribution < -0.4 is 0 Å². The summed E-state index contributed by atoms with van der Waals surface area (Å²) in [5.41, 5.74) is 0.351. The van der Waals surface area contributed by atoms with Gasteiger partial charge < -0.3 is 10.0 Å². The van der Waals surface area contributed by atoms with Crippen LogP contribution in [0.3, 0.4) is 0 Å². The Morgan fingerprint density at radius 2 is 2.11 bits per heavy atom. The molecule has 0 aromatic heterocycles. The van der Waals surface area contributed by atoms with E-state index in [1.165, 1.54) is 18.0 Å². The molecule has 18 heavy (non-hydrogen) atoms. The monoisotopic (exact) mass is 315 g/mol. The summed E-state index contributed by atoms with van der Waals surface area (Å²) in [6, 6.07) is 4.43. The maximum atomic E-state index is 13.4. The number of benzene rings is 1. The summed E-state index contributed by atoms with van der Waals surface area (Å²) in [6.07, 6.45) is 1.67. The molecule has 1 aromatic rings. The SMILES string of the molecule is CN(Cc1cc(Br)ccc1F)C(=O)/C=C/C(=O)O. The Morgan fingerprint density at radius 3 is 2.72 bits per heavy atom. The van der Waals surface area contributed by atoms with Gasteiger partial charge in [-0.1, -0.05) is 15.9 Å². The summed E-state index contributed by atoms with van der Waals surface area (Å²) in [5, 5.41) is 8.39. The number of aliphatic carboxylic acids is 1. The highest BCUT2D eigenvalue weighted by Crippen LogP contribution is 2.16. The molecule has 1 rings (SSSR count). The molecule has 0 aliphatic heterocycles. The van der Waals surface area contributed by atoms with E-state index < -0.39 is 17.7 Å². The molecule has 1 amide bonds. The Hall–Kier alpha value is -1.69. The molecule has 0 saturated carbocycles. The van der Waals surface area contributed by atoms with Gasteiger partial charge in [-0.3, -0.25) is 4.79 Å². The highest BCUT2D eigenvalue weighted by Gasteiger charge is 2.10. The predicted molar refractivity (Wildman–Crippen MR) is 67.3 cm³/mol. The highest BCUT2D eigenvalue weighted by atomic mass is 79.9. The molecular weight excluding hydrogens is 305 g/mol. The molecule has 0 bridgehead atoms. The molecule has 0 aliphatic carbocycles. The maximum absolute atomic E-state index is 13.4. The third-order valence-electron chi connectivity index (χ3n) is 2.16. The fourth-order valence-corrected chi connectivity index (χ4v) is 1.68. The first-order chi connectivity index (χ1) is 8.40. The van der Waals surface area contributed by atoms with Gasteiger partial charge in [0.2, 0.25) is 5.91 Å². The number of rotatable bonds is 4. The average Bonchev–Trinajstić information content (AvgIpc) is 2.30. The molecule has 4 nitrogen and oxygen atoms in total.